The van der Waals surface area contributed by atoms with Crippen LogP contribution in [0.4, 0.5) is 5.69 Å². The van der Waals surface area contributed by atoms with Crippen molar-refractivity contribution in [3.8, 4) is 0 Å². The van der Waals surface area contributed by atoms with Crippen molar-refractivity contribution in [2.75, 3.05) is 17.1 Å². The largest absolute Gasteiger partial charge is 0.350 e. The van der Waals surface area contributed by atoms with Crippen LogP contribution in [0.25, 0.3) is 0 Å². The molecular formula is C33H42ClN3O4S. The average molecular weight is 612 g/mol. The fourth-order valence-electron chi connectivity index (χ4n) is 4.58. The second-order valence-corrected chi connectivity index (χ2v) is 15.0. The number of anilines is 1. The smallest absolute Gasteiger partial charge is 0.244 e. The van der Waals surface area contributed by atoms with Crippen LogP contribution in [0.1, 0.15) is 58.2 Å². The third kappa shape index (κ3) is 9.60. The molecule has 0 aliphatic rings. The molecule has 2 amide bonds. The summed E-state index contributed by atoms with van der Waals surface area (Å²) in [5.41, 5.74) is 2.33. The first-order valence-electron chi connectivity index (χ1n) is 13.9. The van der Waals surface area contributed by atoms with Crippen LogP contribution in [0.5, 0.6) is 0 Å². The van der Waals surface area contributed by atoms with Gasteiger partial charge in [0.1, 0.15) is 12.6 Å². The van der Waals surface area contributed by atoms with Gasteiger partial charge in [-0.05, 0) is 67.1 Å². The molecule has 3 rings (SSSR count). The summed E-state index contributed by atoms with van der Waals surface area (Å²) in [6, 6.07) is 22.8. The van der Waals surface area contributed by atoms with E-state index in [2.05, 4.69) is 26.1 Å². The Bertz CT molecular complexity index is 1480. The van der Waals surface area contributed by atoms with Crippen molar-refractivity contribution >= 4 is 39.1 Å². The van der Waals surface area contributed by atoms with Gasteiger partial charge >= 0.3 is 0 Å². The standard InChI is InChI=1S/C33H42ClN3O4S/c1-32(2,3)26-16-18-28(19-17-26)37(42(7,40)41)23-30(38)36(22-25-14-11-15-27(34)20-25)29(31(39)35-33(4,5)6)21-24-12-9-8-10-13-24/h8-20,29H,21-23H2,1-7H3,(H,35,39)/t29-/m1/s1. The number of benzene rings is 3. The number of hydrogen-bond acceptors (Lipinski definition) is 4. The third-order valence-corrected chi connectivity index (χ3v) is 8.09. The molecule has 0 fully saturated rings. The molecule has 0 radical (unpaired) electrons. The average Bonchev–Trinajstić information content (AvgIpc) is 2.87. The van der Waals surface area contributed by atoms with Gasteiger partial charge in [-0.2, -0.15) is 0 Å². The minimum absolute atomic E-state index is 0.0645. The van der Waals surface area contributed by atoms with Gasteiger partial charge in [-0.15, -0.1) is 0 Å². The van der Waals surface area contributed by atoms with Gasteiger partial charge in [-0.3, -0.25) is 13.9 Å². The van der Waals surface area contributed by atoms with Gasteiger partial charge in [0.2, 0.25) is 21.8 Å². The first-order valence-corrected chi connectivity index (χ1v) is 16.1. The third-order valence-electron chi connectivity index (χ3n) is 6.71. The van der Waals surface area contributed by atoms with E-state index in [0.29, 0.717) is 10.7 Å². The van der Waals surface area contributed by atoms with Gasteiger partial charge in [0.15, 0.2) is 0 Å². The van der Waals surface area contributed by atoms with E-state index in [1.807, 2.05) is 69.3 Å². The van der Waals surface area contributed by atoms with E-state index < -0.39 is 34.1 Å². The lowest BCUT2D eigenvalue weighted by Crippen LogP contribution is -2.56. The number of nitrogens with one attached hydrogen (secondary N) is 1. The zero-order valence-corrected chi connectivity index (χ0v) is 27.1. The first kappa shape index (κ1) is 33.1. The maximum atomic E-state index is 14.2. The number of halogens is 1. The van der Waals surface area contributed by atoms with Crippen LogP contribution in [0.15, 0.2) is 78.9 Å². The van der Waals surface area contributed by atoms with Gasteiger partial charge in [0.05, 0.1) is 11.9 Å². The topological polar surface area (TPSA) is 86.8 Å². The highest BCUT2D eigenvalue weighted by Crippen LogP contribution is 2.27. The SMILES string of the molecule is CC(C)(C)NC(=O)[C@@H](Cc1ccccc1)N(Cc1cccc(Cl)c1)C(=O)CN(c1ccc(C(C)(C)C)cc1)S(C)(=O)=O. The molecule has 42 heavy (non-hydrogen) atoms. The fraction of sp³-hybridized carbons (Fsp3) is 0.394. The highest BCUT2D eigenvalue weighted by molar-refractivity contribution is 7.92. The van der Waals surface area contributed by atoms with Gasteiger partial charge in [0.25, 0.3) is 0 Å². The van der Waals surface area contributed by atoms with Crippen LogP contribution in [-0.2, 0) is 38.0 Å². The summed E-state index contributed by atoms with van der Waals surface area (Å²) in [6.45, 7) is 11.4. The molecule has 0 bridgehead atoms. The van der Waals surface area contributed by atoms with Crippen molar-refractivity contribution in [1.82, 2.24) is 10.2 Å². The Hall–Kier alpha value is -3.36. The van der Waals surface area contributed by atoms with Crippen molar-refractivity contribution in [2.45, 2.75) is 71.5 Å². The summed E-state index contributed by atoms with van der Waals surface area (Å²) in [5.74, 6) is -0.840. The van der Waals surface area contributed by atoms with Crippen LogP contribution in [0, 0.1) is 0 Å². The molecule has 0 aliphatic carbocycles. The Balaban J connectivity index is 2.07. The summed E-state index contributed by atoms with van der Waals surface area (Å²) in [5, 5.41) is 3.51. The quantitative estimate of drug-likeness (QED) is 0.307. The second kappa shape index (κ2) is 13.3. The zero-order valence-electron chi connectivity index (χ0n) is 25.5. The molecule has 3 aromatic rings. The van der Waals surface area contributed by atoms with E-state index in [0.717, 1.165) is 27.3 Å². The molecule has 0 saturated heterocycles. The predicted octanol–water partition coefficient (Wildman–Crippen LogP) is 5.96. The number of rotatable bonds is 10. The molecule has 0 unspecified atom stereocenters. The van der Waals surface area contributed by atoms with Crippen LogP contribution in [-0.4, -0.2) is 49.5 Å². The normalized spacial score (nSPS) is 12.9. The molecular weight excluding hydrogens is 570 g/mol. The highest BCUT2D eigenvalue weighted by atomic mass is 35.5. The van der Waals surface area contributed by atoms with Gasteiger partial charge in [-0.1, -0.05) is 87.0 Å². The molecule has 7 nitrogen and oxygen atoms in total. The number of carbonyl (C=O) groups excluding carboxylic acids is 2. The number of carbonyl (C=O) groups is 2. The van der Waals surface area contributed by atoms with Gasteiger partial charge < -0.3 is 10.2 Å². The predicted molar refractivity (Wildman–Crippen MR) is 171 cm³/mol. The summed E-state index contributed by atoms with van der Waals surface area (Å²) < 4.78 is 27.1. The van der Waals surface area contributed by atoms with Crippen LogP contribution >= 0.6 is 11.6 Å². The Morgan fingerprint density at radius 1 is 0.857 bits per heavy atom. The number of amides is 2. The molecule has 1 atom stereocenters. The molecule has 226 valence electrons. The minimum atomic E-state index is -3.84. The number of hydrogen-bond donors (Lipinski definition) is 1. The van der Waals surface area contributed by atoms with E-state index >= 15 is 0 Å². The molecule has 0 heterocycles. The summed E-state index contributed by atoms with van der Waals surface area (Å²) in [7, 11) is -3.84. The van der Waals surface area contributed by atoms with Crippen molar-refractivity contribution in [3.63, 3.8) is 0 Å². The minimum Gasteiger partial charge on any atom is -0.350 e. The van der Waals surface area contributed by atoms with E-state index in [1.54, 1.807) is 30.3 Å². The van der Waals surface area contributed by atoms with Crippen molar-refractivity contribution in [1.29, 1.82) is 0 Å². The Morgan fingerprint density at radius 2 is 1.45 bits per heavy atom. The highest BCUT2D eigenvalue weighted by Gasteiger charge is 2.34. The molecule has 1 N–H and O–H groups in total. The Labute approximate surface area is 255 Å². The Morgan fingerprint density at radius 3 is 1.98 bits per heavy atom. The van der Waals surface area contributed by atoms with E-state index in [1.165, 1.54) is 4.90 Å². The maximum absolute atomic E-state index is 14.2. The Kier molecular flexibility index (Phi) is 10.5. The monoisotopic (exact) mass is 611 g/mol. The molecule has 0 aliphatic heterocycles. The number of nitrogens with zero attached hydrogens (tertiary/aromatic N) is 2. The van der Waals surface area contributed by atoms with E-state index in [-0.39, 0.29) is 24.3 Å². The zero-order chi connectivity index (χ0) is 31.3. The maximum Gasteiger partial charge on any atom is 0.244 e. The summed E-state index contributed by atoms with van der Waals surface area (Å²) >= 11 is 6.27. The number of sulfonamides is 1. The first-order chi connectivity index (χ1) is 19.4. The molecule has 9 heteroatoms. The second-order valence-electron chi connectivity index (χ2n) is 12.7. The van der Waals surface area contributed by atoms with Gasteiger partial charge in [0, 0.05) is 23.5 Å². The lowest BCUT2D eigenvalue weighted by atomic mass is 9.87. The lowest BCUT2D eigenvalue weighted by Gasteiger charge is -2.35. The lowest BCUT2D eigenvalue weighted by molar-refractivity contribution is -0.140. The van der Waals surface area contributed by atoms with Crippen molar-refractivity contribution in [2.24, 2.45) is 0 Å². The summed E-state index contributed by atoms with van der Waals surface area (Å²) in [4.78, 5) is 29.4. The van der Waals surface area contributed by atoms with Gasteiger partial charge in [-0.25, -0.2) is 8.42 Å². The van der Waals surface area contributed by atoms with Crippen molar-refractivity contribution in [3.05, 3.63) is 101 Å². The molecule has 0 spiro atoms. The summed E-state index contributed by atoms with van der Waals surface area (Å²) in [6.07, 6.45) is 1.32. The van der Waals surface area contributed by atoms with E-state index in [9.17, 15) is 18.0 Å². The van der Waals surface area contributed by atoms with Crippen LogP contribution in [0.2, 0.25) is 5.02 Å². The van der Waals surface area contributed by atoms with Crippen LogP contribution in [0.3, 0.4) is 0 Å². The van der Waals surface area contributed by atoms with E-state index in [4.69, 9.17) is 11.6 Å². The fourth-order valence-corrected chi connectivity index (χ4v) is 5.64. The van der Waals surface area contributed by atoms with Crippen LogP contribution < -0.4 is 9.62 Å². The molecule has 0 saturated carbocycles. The molecule has 3 aromatic carbocycles. The molecule has 0 aromatic heterocycles. The van der Waals surface area contributed by atoms with Crippen molar-refractivity contribution < 1.29 is 18.0 Å².